The van der Waals surface area contributed by atoms with Crippen LogP contribution in [0.4, 0.5) is 5.69 Å². The van der Waals surface area contributed by atoms with E-state index in [0.29, 0.717) is 6.42 Å². The molecular formula is C28H31N3OS. The Morgan fingerprint density at radius 1 is 1.12 bits per heavy atom. The molecule has 0 saturated heterocycles. The second-order valence-corrected chi connectivity index (χ2v) is 10.8. The predicted molar refractivity (Wildman–Crippen MR) is 139 cm³/mol. The lowest BCUT2D eigenvalue weighted by atomic mass is 9.90. The summed E-state index contributed by atoms with van der Waals surface area (Å²) in [4.78, 5) is 23.3. The number of anilines is 1. The first kappa shape index (κ1) is 23.1. The number of thiazole rings is 1. The first-order valence-corrected chi connectivity index (χ1v) is 12.2. The molecule has 2 heterocycles. The van der Waals surface area contributed by atoms with Gasteiger partial charge in [-0.1, -0.05) is 62.7 Å². The molecule has 4 nitrogen and oxygen atoms in total. The fourth-order valence-electron chi connectivity index (χ4n) is 3.87. The minimum atomic E-state index is -0.0299. The third-order valence-corrected chi connectivity index (χ3v) is 7.34. The molecule has 4 rings (SSSR count). The van der Waals surface area contributed by atoms with Gasteiger partial charge >= 0.3 is 0 Å². The van der Waals surface area contributed by atoms with Crippen molar-refractivity contribution in [1.82, 2.24) is 4.98 Å². The van der Waals surface area contributed by atoms with Crippen molar-refractivity contribution in [1.29, 1.82) is 0 Å². The lowest BCUT2D eigenvalue weighted by Crippen LogP contribution is -2.14. The molecular weight excluding hydrogens is 426 g/mol. The summed E-state index contributed by atoms with van der Waals surface area (Å²) in [5.74, 6) is 0.211. The average Bonchev–Trinajstić information content (AvgIpc) is 3.22. The van der Waals surface area contributed by atoms with Crippen LogP contribution in [0.2, 0.25) is 0 Å². The van der Waals surface area contributed by atoms with Crippen LogP contribution in [0.5, 0.6) is 0 Å². The van der Waals surface area contributed by atoms with E-state index in [0.717, 1.165) is 33.9 Å². The normalized spacial score (nSPS) is 15.9. The monoisotopic (exact) mass is 457 g/mol. The summed E-state index contributed by atoms with van der Waals surface area (Å²) in [6, 6.07) is 16.2. The lowest BCUT2D eigenvalue weighted by molar-refractivity contribution is -0.115. The van der Waals surface area contributed by atoms with Crippen molar-refractivity contribution in [2.24, 2.45) is 4.99 Å². The molecule has 33 heavy (non-hydrogen) atoms. The van der Waals surface area contributed by atoms with Gasteiger partial charge in [0, 0.05) is 29.4 Å². The smallest absolute Gasteiger partial charge is 0.228 e. The number of amides is 1. The van der Waals surface area contributed by atoms with Gasteiger partial charge in [-0.05, 0) is 49.1 Å². The minimum absolute atomic E-state index is 0.0156. The Morgan fingerprint density at radius 2 is 1.88 bits per heavy atom. The van der Waals surface area contributed by atoms with E-state index in [1.807, 2.05) is 55.7 Å². The van der Waals surface area contributed by atoms with Gasteiger partial charge in [0.05, 0.1) is 22.0 Å². The lowest BCUT2D eigenvalue weighted by Gasteiger charge is -2.18. The third-order valence-electron chi connectivity index (χ3n) is 5.79. The van der Waals surface area contributed by atoms with Crippen LogP contribution in [0.3, 0.4) is 0 Å². The molecule has 0 saturated carbocycles. The van der Waals surface area contributed by atoms with Gasteiger partial charge in [-0.15, -0.1) is 11.3 Å². The Bertz CT molecular complexity index is 1210. The van der Waals surface area contributed by atoms with Crippen LogP contribution < -0.4 is 5.32 Å². The van der Waals surface area contributed by atoms with E-state index >= 15 is 0 Å². The zero-order valence-electron chi connectivity index (χ0n) is 20.0. The molecule has 0 spiro atoms. The molecule has 2 aromatic carbocycles. The average molecular weight is 458 g/mol. The van der Waals surface area contributed by atoms with Crippen molar-refractivity contribution in [3.8, 4) is 10.4 Å². The maximum absolute atomic E-state index is 12.7. The first-order chi connectivity index (χ1) is 15.7. The van der Waals surface area contributed by atoms with E-state index in [2.05, 4.69) is 50.1 Å². The van der Waals surface area contributed by atoms with Crippen molar-refractivity contribution in [2.75, 3.05) is 5.32 Å². The molecule has 170 valence electrons. The zero-order valence-corrected chi connectivity index (χ0v) is 20.8. The number of nitrogens with one attached hydrogen (secondary N) is 1. The summed E-state index contributed by atoms with van der Waals surface area (Å²) in [7, 11) is 0. The molecule has 0 fully saturated rings. The molecule has 0 aliphatic carbocycles. The molecule has 0 radical (unpaired) electrons. The Labute approximate surface area is 200 Å². The van der Waals surface area contributed by atoms with Gasteiger partial charge in [0.15, 0.2) is 0 Å². The fraction of sp³-hybridized carbons (Fsp3) is 0.321. The highest BCUT2D eigenvalue weighted by Gasteiger charge is 2.28. The molecule has 3 aromatic rings. The molecule has 1 aromatic heterocycles. The van der Waals surface area contributed by atoms with Crippen molar-refractivity contribution >= 4 is 29.1 Å². The topological polar surface area (TPSA) is 54.4 Å². The predicted octanol–water partition coefficient (Wildman–Crippen LogP) is 7.06. The van der Waals surface area contributed by atoms with Gasteiger partial charge in [0.1, 0.15) is 0 Å². The standard InChI is InChI=1S/C28H31N3OS/c1-18-9-11-20(12-10-18)15-24(32)30-22-8-6-7-21(16-22)26-25(23-13-14-29-17-19(23)2)31-27(33-26)28(3,4)5/h6-12,14,16-17,23H,13,15H2,1-5H3,(H,30,32). The highest BCUT2D eigenvalue weighted by atomic mass is 32.1. The number of aliphatic imine (C=N–C) groups is 1. The quantitative estimate of drug-likeness (QED) is 0.446. The fourth-order valence-corrected chi connectivity index (χ4v) is 5.05. The highest BCUT2D eigenvalue weighted by molar-refractivity contribution is 7.15. The number of allylic oxidation sites excluding steroid dienone is 1. The van der Waals surface area contributed by atoms with Crippen LogP contribution in [0.25, 0.3) is 10.4 Å². The molecule has 5 heteroatoms. The van der Waals surface area contributed by atoms with Gasteiger partial charge in [0.25, 0.3) is 0 Å². The summed E-state index contributed by atoms with van der Waals surface area (Å²) in [5.41, 5.74) is 6.39. The third kappa shape index (κ3) is 5.48. The second-order valence-electron chi connectivity index (χ2n) is 9.77. The highest BCUT2D eigenvalue weighted by Crippen LogP contribution is 2.42. The van der Waals surface area contributed by atoms with Gasteiger partial charge < -0.3 is 5.32 Å². The Morgan fingerprint density at radius 3 is 2.58 bits per heavy atom. The molecule has 1 aliphatic heterocycles. The summed E-state index contributed by atoms with van der Waals surface area (Å²) < 4.78 is 0. The van der Waals surface area contributed by atoms with Gasteiger partial charge in [0.2, 0.25) is 5.91 Å². The van der Waals surface area contributed by atoms with Crippen LogP contribution >= 0.6 is 11.3 Å². The van der Waals surface area contributed by atoms with Gasteiger partial charge in [-0.25, -0.2) is 4.98 Å². The van der Waals surface area contributed by atoms with Crippen molar-refractivity contribution in [3.63, 3.8) is 0 Å². The molecule has 1 aliphatic rings. The Balaban J connectivity index is 1.62. The Kier molecular flexibility index (Phi) is 6.61. The van der Waals surface area contributed by atoms with E-state index < -0.39 is 0 Å². The van der Waals surface area contributed by atoms with Crippen LogP contribution in [-0.2, 0) is 16.6 Å². The van der Waals surface area contributed by atoms with Crippen LogP contribution in [0.15, 0.2) is 65.3 Å². The summed E-state index contributed by atoms with van der Waals surface area (Å²) in [6.07, 6.45) is 5.13. The van der Waals surface area contributed by atoms with E-state index in [9.17, 15) is 4.79 Å². The van der Waals surface area contributed by atoms with E-state index in [1.165, 1.54) is 16.0 Å². The molecule has 1 N–H and O–H groups in total. The summed E-state index contributed by atoms with van der Waals surface area (Å²) in [5, 5.41) is 4.19. The van der Waals surface area contributed by atoms with Gasteiger partial charge in [-0.3, -0.25) is 9.79 Å². The van der Waals surface area contributed by atoms with Crippen molar-refractivity contribution < 1.29 is 4.79 Å². The van der Waals surface area contributed by atoms with Crippen molar-refractivity contribution in [2.45, 2.75) is 58.8 Å². The molecule has 1 amide bonds. The second kappa shape index (κ2) is 9.44. The van der Waals surface area contributed by atoms with Crippen LogP contribution in [0, 0.1) is 6.92 Å². The van der Waals surface area contributed by atoms with E-state index in [1.54, 1.807) is 11.3 Å². The maximum Gasteiger partial charge on any atom is 0.228 e. The zero-order chi connectivity index (χ0) is 23.6. The summed E-state index contributed by atoms with van der Waals surface area (Å²) >= 11 is 1.75. The number of nitrogens with zero attached hydrogens (tertiary/aromatic N) is 2. The van der Waals surface area contributed by atoms with E-state index in [-0.39, 0.29) is 17.2 Å². The SMILES string of the molecule is CC1=CN=CCC1c1nc(C(C)(C)C)sc1-c1cccc(NC(=O)Cc2ccc(C)cc2)c1. The van der Waals surface area contributed by atoms with Crippen LogP contribution in [0.1, 0.15) is 61.9 Å². The number of aromatic nitrogens is 1. The minimum Gasteiger partial charge on any atom is -0.326 e. The molecule has 0 bridgehead atoms. The number of rotatable bonds is 5. The first-order valence-electron chi connectivity index (χ1n) is 11.4. The Hall–Kier alpha value is -3.05. The van der Waals surface area contributed by atoms with Gasteiger partial charge in [-0.2, -0.15) is 0 Å². The molecule has 1 unspecified atom stereocenters. The van der Waals surface area contributed by atoms with Crippen molar-refractivity contribution in [3.05, 3.63) is 82.1 Å². The number of hydrogen-bond donors (Lipinski definition) is 1. The largest absolute Gasteiger partial charge is 0.326 e. The number of aryl methyl sites for hydroxylation is 1. The molecule has 1 atom stereocenters. The maximum atomic E-state index is 12.7. The number of carbonyl (C=O) groups is 1. The number of hydrogen-bond acceptors (Lipinski definition) is 4. The number of carbonyl (C=O) groups excluding carboxylic acids is 1. The number of benzene rings is 2. The van der Waals surface area contributed by atoms with E-state index in [4.69, 9.17) is 4.98 Å². The summed E-state index contributed by atoms with van der Waals surface area (Å²) in [6.45, 7) is 10.8. The van der Waals surface area contributed by atoms with Crippen LogP contribution in [-0.4, -0.2) is 17.1 Å².